The Morgan fingerprint density at radius 1 is 1.19 bits per heavy atom. The predicted octanol–water partition coefficient (Wildman–Crippen LogP) is 1.79. The van der Waals surface area contributed by atoms with Crippen molar-refractivity contribution in [1.82, 2.24) is 5.32 Å². The summed E-state index contributed by atoms with van der Waals surface area (Å²) in [6, 6.07) is 8.09. The highest BCUT2D eigenvalue weighted by molar-refractivity contribution is 5.95. The SMILES string of the molecule is N#Cc1ccc(C(=O)NC2C3CCC(C3)C2C(=O)O)cc1. The Labute approximate surface area is 122 Å². The molecule has 0 aliphatic heterocycles. The molecule has 0 spiro atoms. The number of hydrogen-bond donors (Lipinski definition) is 2. The summed E-state index contributed by atoms with van der Waals surface area (Å²) in [7, 11) is 0. The maximum Gasteiger partial charge on any atom is 0.308 e. The van der Waals surface area contributed by atoms with E-state index in [9.17, 15) is 14.7 Å². The van der Waals surface area contributed by atoms with Crippen LogP contribution in [0, 0.1) is 29.1 Å². The number of rotatable bonds is 3. The molecule has 1 amide bonds. The van der Waals surface area contributed by atoms with Crippen LogP contribution in [0.1, 0.15) is 35.2 Å². The molecular formula is C16H16N2O3. The van der Waals surface area contributed by atoms with Gasteiger partial charge in [-0.1, -0.05) is 0 Å². The van der Waals surface area contributed by atoms with Gasteiger partial charge >= 0.3 is 5.97 Å². The fourth-order valence-electron chi connectivity index (χ4n) is 3.79. The van der Waals surface area contributed by atoms with Crippen molar-refractivity contribution in [2.45, 2.75) is 25.3 Å². The van der Waals surface area contributed by atoms with Crippen LogP contribution in [-0.4, -0.2) is 23.0 Å². The Kier molecular flexibility index (Phi) is 3.38. The molecule has 108 valence electrons. The van der Waals surface area contributed by atoms with Crippen LogP contribution >= 0.6 is 0 Å². The van der Waals surface area contributed by atoms with E-state index in [1.165, 1.54) is 0 Å². The summed E-state index contributed by atoms with van der Waals surface area (Å²) < 4.78 is 0. The van der Waals surface area contributed by atoms with E-state index in [4.69, 9.17) is 5.26 Å². The first-order valence-corrected chi connectivity index (χ1v) is 7.14. The molecule has 0 heterocycles. The Hall–Kier alpha value is -2.35. The topological polar surface area (TPSA) is 90.2 Å². The van der Waals surface area contributed by atoms with E-state index < -0.39 is 11.9 Å². The van der Waals surface area contributed by atoms with Gasteiger partial charge in [-0.05, 0) is 55.4 Å². The van der Waals surface area contributed by atoms with Crippen LogP contribution in [0.15, 0.2) is 24.3 Å². The second kappa shape index (κ2) is 5.21. The lowest BCUT2D eigenvalue weighted by molar-refractivity contribution is -0.144. The van der Waals surface area contributed by atoms with Crippen LogP contribution < -0.4 is 5.32 Å². The largest absolute Gasteiger partial charge is 0.481 e. The molecule has 2 aliphatic carbocycles. The summed E-state index contributed by atoms with van der Waals surface area (Å²) in [5.41, 5.74) is 0.954. The maximum atomic E-state index is 12.3. The number of nitrogens with zero attached hydrogens (tertiary/aromatic N) is 1. The van der Waals surface area contributed by atoms with Crippen molar-refractivity contribution in [2.75, 3.05) is 0 Å². The minimum absolute atomic E-state index is 0.193. The minimum atomic E-state index is -0.813. The van der Waals surface area contributed by atoms with E-state index >= 15 is 0 Å². The zero-order chi connectivity index (χ0) is 15.0. The average molecular weight is 284 g/mol. The van der Waals surface area contributed by atoms with Gasteiger partial charge in [0.15, 0.2) is 0 Å². The lowest BCUT2D eigenvalue weighted by Crippen LogP contribution is -2.46. The predicted molar refractivity (Wildman–Crippen MR) is 74.4 cm³/mol. The fraction of sp³-hybridized carbons (Fsp3) is 0.438. The first kappa shape index (κ1) is 13.6. The van der Waals surface area contributed by atoms with E-state index in [-0.39, 0.29) is 23.8 Å². The summed E-state index contributed by atoms with van der Waals surface area (Å²) >= 11 is 0. The molecule has 1 aromatic rings. The third kappa shape index (κ3) is 2.38. The van der Waals surface area contributed by atoms with Crippen molar-refractivity contribution in [3.8, 4) is 6.07 Å². The van der Waals surface area contributed by atoms with Crippen LogP contribution in [0.25, 0.3) is 0 Å². The monoisotopic (exact) mass is 284 g/mol. The number of carboxylic acids is 1. The molecule has 2 fully saturated rings. The molecule has 4 unspecified atom stereocenters. The van der Waals surface area contributed by atoms with Crippen LogP contribution in [0.5, 0.6) is 0 Å². The summed E-state index contributed by atoms with van der Waals surface area (Å²) in [6.07, 6.45) is 2.84. The van der Waals surface area contributed by atoms with Gasteiger partial charge in [0.05, 0.1) is 17.6 Å². The van der Waals surface area contributed by atoms with E-state index in [0.717, 1.165) is 19.3 Å². The Morgan fingerprint density at radius 2 is 1.86 bits per heavy atom. The number of aliphatic carboxylic acids is 1. The van der Waals surface area contributed by atoms with Gasteiger partial charge in [0.1, 0.15) is 0 Å². The highest BCUT2D eigenvalue weighted by Gasteiger charge is 2.51. The summed E-state index contributed by atoms with van der Waals surface area (Å²) in [4.78, 5) is 23.7. The molecule has 2 N–H and O–H groups in total. The number of carboxylic acid groups (broad SMARTS) is 1. The van der Waals surface area contributed by atoms with Crippen molar-refractivity contribution in [1.29, 1.82) is 5.26 Å². The van der Waals surface area contributed by atoms with Crippen molar-refractivity contribution in [2.24, 2.45) is 17.8 Å². The first-order chi connectivity index (χ1) is 10.1. The highest BCUT2D eigenvalue weighted by atomic mass is 16.4. The summed E-state index contributed by atoms with van der Waals surface area (Å²) in [6.45, 7) is 0. The number of hydrogen-bond acceptors (Lipinski definition) is 3. The zero-order valence-electron chi connectivity index (χ0n) is 11.5. The standard InChI is InChI=1S/C16H16N2O3/c17-8-9-1-3-10(4-2-9)15(19)18-14-12-6-5-11(7-12)13(14)16(20)21/h1-4,11-14H,5-7H2,(H,18,19)(H,20,21). The molecule has 4 atom stereocenters. The molecule has 2 saturated carbocycles. The third-order valence-electron chi connectivity index (χ3n) is 4.78. The number of nitrogens with one attached hydrogen (secondary N) is 1. The minimum Gasteiger partial charge on any atom is -0.481 e. The van der Waals surface area contributed by atoms with Gasteiger partial charge < -0.3 is 10.4 Å². The Bertz CT molecular complexity index is 617. The van der Waals surface area contributed by atoms with Gasteiger partial charge in [-0.25, -0.2) is 0 Å². The van der Waals surface area contributed by atoms with E-state index in [1.807, 2.05) is 6.07 Å². The fourth-order valence-corrected chi connectivity index (χ4v) is 3.79. The molecule has 2 aliphatic rings. The summed E-state index contributed by atoms with van der Waals surface area (Å²) in [5, 5.41) is 21.0. The number of nitriles is 1. The molecular weight excluding hydrogens is 268 g/mol. The molecule has 21 heavy (non-hydrogen) atoms. The van der Waals surface area contributed by atoms with Crippen molar-refractivity contribution in [3.05, 3.63) is 35.4 Å². The van der Waals surface area contributed by atoms with Crippen LogP contribution in [0.3, 0.4) is 0 Å². The van der Waals surface area contributed by atoms with Crippen molar-refractivity contribution in [3.63, 3.8) is 0 Å². The van der Waals surface area contributed by atoms with E-state index in [2.05, 4.69) is 5.32 Å². The normalized spacial score (nSPS) is 29.9. The van der Waals surface area contributed by atoms with Gasteiger partial charge in [-0.3, -0.25) is 9.59 Å². The molecule has 2 bridgehead atoms. The lowest BCUT2D eigenvalue weighted by Gasteiger charge is -2.28. The van der Waals surface area contributed by atoms with Crippen LogP contribution in [0.4, 0.5) is 0 Å². The maximum absolute atomic E-state index is 12.3. The molecule has 0 radical (unpaired) electrons. The quantitative estimate of drug-likeness (QED) is 0.885. The number of carbonyl (C=O) groups excluding carboxylic acids is 1. The number of benzene rings is 1. The second-order valence-corrected chi connectivity index (χ2v) is 5.89. The molecule has 1 aromatic carbocycles. The Balaban J connectivity index is 1.74. The summed E-state index contributed by atoms with van der Waals surface area (Å²) in [5.74, 6) is -1.07. The molecule has 5 heteroatoms. The van der Waals surface area contributed by atoms with Crippen molar-refractivity contribution >= 4 is 11.9 Å². The van der Waals surface area contributed by atoms with Gasteiger partial charge in [0, 0.05) is 11.6 Å². The third-order valence-corrected chi connectivity index (χ3v) is 4.78. The van der Waals surface area contributed by atoms with Gasteiger partial charge in [-0.2, -0.15) is 5.26 Å². The lowest BCUT2D eigenvalue weighted by atomic mass is 9.84. The Morgan fingerprint density at radius 3 is 2.48 bits per heavy atom. The average Bonchev–Trinajstić information content (AvgIpc) is 3.08. The van der Waals surface area contributed by atoms with Gasteiger partial charge in [-0.15, -0.1) is 0 Å². The number of carbonyl (C=O) groups is 2. The van der Waals surface area contributed by atoms with Crippen LogP contribution in [0.2, 0.25) is 0 Å². The zero-order valence-corrected chi connectivity index (χ0v) is 11.5. The smallest absolute Gasteiger partial charge is 0.308 e. The number of fused-ring (bicyclic) bond motifs is 2. The highest BCUT2D eigenvalue weighted by Crippen LogP contribution is 2.48. The number of amides is 1. The van der Waals surface area contributed by atoms with Gasteiger partial charge in [0.2, 0.25) is 0 Å². The molecule has 3 rings (SSSR count). The van der Waals surface area contributed by atoms with E-state index in [0.29, 0.717) is 11.1 Å². The van der Waals surface area contributed by atoms with Crippen molar-refractivity contribution < 1.29 is 14.7 Å². The molecule has 5 nitrogen and oxygen atoms in total. The molecule has 0 saturated heterocycles. The van der Waals surface area contributed by atoms with Crippen LogP contribution in [-0.2, 0) is 4.79 Å². The first-order valence-electron chi connectivity index (χ1n) is 7.14. The molecule has 0 aromatic heterocycles. The van der Waals surface area contributed by atoms with E-state index in [1.54, 1.807) is 24.3 Å². The second-order valence-electron chi connectivity index (χ2n) is 5.89. The van der Waals surface area contributed by atoms with Gasteiger partial charge in [0.25, 0.3) is 5.91 Å².